The molecule has 0 spiro atoms. The first-order chi connectivity index (χ1) is 12.8. The number of para-hydroxylation sites is 1. The van der Waals surface area contributed by atoms with Crippen molar-refractivity contribution in [1.29, 1.82) is 0 Å². The molecule has 0 aliphatic carbocycles. The smallest absolute Gasteiger partial charge is 0.319 e. The van der Waals surface area contributed by atoms with Crippen LogP contribution in [-0.2, 0) is 14.3 Å². The minimum absolute atomic E-state index is 0.0918. The van der Waals surface area contributed by atoms with Crippen LogP contribution < -0.4 is 10.6 Å². The van der Waals surface area contributed by atoms with Crippen molar-refractivity contribution in [2.75, 3.05) is 45.2 Å². The molecule has 2 atom stereocenters. The Morgan fingerprint density at radius 2 is 2.04 bits per heavy atom. The summed E-state index contributed by atoms with van der Waals surface area (Å²) in [6.07, 6.45) is -0.266. The van der Waals surface area contributed by atoms with Crippen LogP contribution in [0.1, 0.15) is 6.92 Å². The van der Waals surface area contributed by atoms with E-state index >= 15 is 0 Å². The average molecular weight is 378 g/mol. The van der Waals surface area contributed by atoms with Crippen LogP contribution in [0, 0.1) is 0 Å². The monoisotopic (exact) mass is 378 g/mol. The number of amides is 3. The Hall–Kier alpha value is -2.65. The van der Waals surface area contributed by atoms with E-state index in [0.29, 0.717) is 31.9 Å². The van der Waals surface area contributed by atoms with Gasteiger partial charge in [0.25, 0.3) is 0 Å². The highest BCUT2D eigenvalue weighted by molar-refractivity contribution is 5.93. The average Bonchev–Trinajstić information content (AvgIpc) is 2.61. The Morgan fingerprint density at radius 3 is 2.70 bits per heavy atom. The third-order valence-electron chi connectivity index (χ3n) is 4.12. The summed E-state index contributed by atoms with van der Waals surface area (Å²) in [5.74, 6) is -1.11. The van der Waals surface area contributed by atoms with Crippen LogP contribution >= 0.6 is 0 Å². The van der Waals surface area contributed by atoms with Crippen molar-refractivity contribution in [1.82, 2.24) is 15.1 Å². The Balaban J connectivity index is 1.82. The number of carboxylic acid groups (broad SMARTS) is 1. The number of urea groups is 1. The molecule has 9 heteroatoms. The zero-order valence-corrected chi connectivity index (χ0v) is 15.6. The van der Waals surface area contributed by atoms with Crippen molar-refractivity contribution in [2.24, 2.45) is 0 Å². The van der Waals surface area contributed by atoms with Crippen LogP contribution in [-0.4, -0.2) is 84.8 Å². The highest BCUT2D eigenvalue weighted by Gasteiger charge is 2.28. The van der Waals surface area contributed by atoms with E-state index in [2.05, 4.69) is 10.6 Å². The molecule has 3 N–H and O–H groups in total. The molecule has 1 saturated heterocycles. The maximum absolute atomic E-state index is 12.6. The Bertz CT molecular complexity index is 654. The lowest BCUT2D eigenvalue weighted by molar-refractivity contribution is -0.143. The normalized spacial score (nSPS) is 18.0. The molecule has 1 fully saturated rings. The van der Waals surface area contributed by atoms with Crippen LogP contribution in [0.2, 0.25) is 0 Å². The van der Waals surface area contributed by atoms with Gasteiger partial charge in [-0.2, -0.15) is 0 Å². The number of hydrogen-bond donors (Lipinski definition) is 3. The zero-order valence-electron chi connectivity index (χ0n) is 15.6. The fourth-order valence-corrected chi connectivity index (χ4v) is 2.89. The van der Waals surface area contributed by atoms with E-state index in [0.717, 1.165) is 0 Å². The number of hydrogen-bond acceptors (Lipinski definition) is 5. The van der Waals surface area contributed by atoms with Gasteiger partial charge in [-0.15, -0.1) is 0 Å². The number of nitrogens with one attached hydrogen (secondary N) is 2. The number of aliphatic carboxylic acids is 1. The van der Waals surface area contributed by atoms with Crippen molar-refractivity contribution >= 4 is 23.6 Å². The number of carboxylic acids is 1. The first-order valence-corrected chi connectivity index (χ1v) is 8.78. The molecule has 0 radical (unpaired) electrons. The number of anilines is 1. The number of carbonyl (C=O) groups excluding carboxylic acids is 2. The predicted octanol–water partition coefficient (Wildman–Crippen LogP) is 0.440. The van der Waals surface area contributed by atoms with Crippen LogP contribution in [0.25, 0.3) is 0 Å². The topological polar surface area (TPSA) is 111 Å². The molecule has 3 amide bonds. The minimum Gasteiger partial charge on any atom is -0.480 e. The molecule has 1 aromatic carbocycles. The largest absolute Gasteiger partial charge is 0.480 e. The Labute approximate surface area is 158 Å². The summed E-state index contributed by atoms with van der Waals surface area (Å²) < 4.78 is 5.62. The van der Waals surface area contributed by atoms with Gasteiger partial charge >= 0.3 is 12.0 Å². The lowest BCUT2D eigenvalue weighted by Crippen LogP contribution is -2.55. The van der Waals surface area contributed by atoms with Crippen molar-refractivity contribution in [2.45, 2.75) is 19.1 Å². The fourth-order valence-electron chi connectivity index (χ4n) is 2.89. The van der Waals surface area contributed by atoms with Crippen molar-refractivity contribution in [3.8, 4) is 0 Å². The van der Waals surface area contributed by atoms with Gasteiger partial charge in [-0.3, -0.25) is 14.5 Å². The van der Waals surface area contributed by atoms with Crippen LogP contribution in [0.5, 0.6) is 0 Å². The highest BCUT2D eigenvalue weighted by atomic mass is 16.5. The Kier molecular flexibility index (Phi) is 7.56. The van der Waals surface area contributed by atoms with Crippen LogP contribution in [0.15, 0.2) is 30.3 Å². The molecule has 0 saturated carbocycles. The van der Waals surface area contributed by atoms with Gasteiger partial charge in [0.15, 0.2) is 0 Å². The van der Waals surface area contributed by atoms with E-state index in [4.69, 9.17) is 9.84 Å². The number of likely N-dealkylation sites (N-methyl/N-ethyl adjacent to an activating group) is 1. The second-order valence-electron chi connectivity index (χ2n) is 6.55. The van der Waals surface area contributed by atoms with E-state index in [1.54, 1.807) is 48.0 Å². The lowest BCUT2D eigenvalue weighted by atomic mass is 10.2. The maximum Gasteiger partial charge on any atom is 0.319 e. The second kappa shape index (κ2) is 9.89. The number of ether oxygens (including phenoxy) is 1. The van der Waals surface area contributed by atoms with E-state index in [1.165, 1.54) is 0 Å². The molecule has 1 heterocycles. The van der Waals surface area contributed by atoms with E-state index < -0.39 is 18.0 Å². The molecular formula is C18H26N4O5. The summed E-state index contributed by atoms with van der Waals surface area (Å²) >= 11 is 0. The summed E-state index contributed by atoms with van der Waals surface area (Å²) in [7, 11) is 1.69. The molecule has 2 rings (SSSR count). The third kappa shape index (κ3) is 6.87. The van der Waals surface area contributed by atoms with Crippen molar-refractivity contribution in [3.63, 3.8) is 0 Å². The SMILES string of the molecule is CC(NC(=O)Nc1ccccc1)C(=O)N1CCOC(CN(C)CC(=O)O)C1. The number of morpholine rings is 1. The minimum atomic E-state index is -0.913. The van der Waals surface area contributed by atoms with Gasteiger partial charge in [-0.05, 0) is 26.1 Å². The number of benzene rings is 1. The predicted molar refractivity (Wildman–Crippen MR) is 99.5 cm³/mol. The number of nitrogens with zero attached hydrogens (tertiary/aromatic N) is 2. The van der Waals surface area contributed by atoms with E-state index in [1.807, 2.05) is 6.07 Å². The standard InChI is InChI=1S/C18H26N4O5/c1-13(19-18(26)20-14-6-4-3-5-7-14)17(25)22-8-9-27-15(11-22)10-21(2)12-16(23)24/h3-7,13,15H,8-12H2,1-2H3,(H,23,24)(H2,19,20,26). The van der Waals surface area contributed by atoms with Crippen molar-refractivity contribution < 1.29 is 24.2 Å². The van der Waals surface area contributed by atoms with E-state index in [9.17, 15) is 14.4 Å². The summed E-state index contributed by atoms with van der Waals surface area (Å²) in [6.45, 7) is 3.12. The second-order valence-corrected chi connectivity index (χ2v) is 6.55. The highest BCUT2D eigenvalue weighted by Crippen LogP contribution is 2.09. The van der Waals surface area contributed by atoms with Gasteiger partial charge in [0.2, 0.25) is 5.91 Å². The molecule has 1 aromatic rings. The molecule has 148 valence electrons. The fraction of sp³-hybridized carbons (Fsp3) is 0.500. The molecule has 0 bridgehead atoms. The van der Waals surface area contributed by atoms with Crippen LogP contribution in [0.4, 0.5) is 10.5 Å². The van der Waals surface area contributed by atoms with Gasteiger partial charge in [0, 0.05) is 25.3 Å². The number of carbonyl (C=O) groups is 3. The molecule has 27 heavy (non-hydrogen) atoms. The molecule has 0 aromatic heterocycles. The first kappa shape index (κ1) is 20.7. The Morgan fingerprint density at radius 1 is 1.33 bits per heavy atom. The molecular weight excluding hydrogens is 352 g/mol. The van der Waals surface area contributed by atoms with Gasteiger partial charge in [-0.1, -0.05) is 18.2 Å². The van der Waals surface area contributed by atoms with E-state index in [-0.39, 0.29) is 18.6 Å². The first-order valence-electron chi connectivity index (χ1n) is 8.78. The summed E-state index contributed by atoms with van der Waals surface area (Å²) in [4.78, 5) is 38.7. The lowest BCUT2D eigenvalue weighted by Gasteiger charge is -2.35. The molecule has 1 aliphatic rings. The summed E-state index contributed by atoms with van der Waals surface area (Å²) in [5, 5.41) is 14.1. The van der Waals surface area contributed by atoms with Gasteiger partial charge in [-0.25, -0.2) is 4.79 Å². The van der Waals surface area contributed by atoms with Gasteiger partial charge < -0.3 is 25.4 Å². The molecule has 9 nitrogen and oxygen atoms in total. The summed E-state index contributed by atoms with van der Waals surface area (Å²) in [6, 6.07) is 7.83. The molecule has 1 aliphatic heterocycles. The zero-order chi connectivity index (χ0) is 19.8. The summed E-state index contributed by atoms with van der Waals surface area (Å²) in [5.41, 5.74) is 0.641. The van der Waals surface area contributed by atoms with Crippen LogP contribution in [0.3, 0.4) is 0 Å². The molecule has 2 unspecified atom stereocenters. The quantitative estimate of drug-likeness (QED) is 0.635. The maximum atomic E-state index is 12.6. The number of rotatable bonds is 7. The van der Waals surface area contributed by atoms with Gasteiger partial charge in [0.1, 0.15) is 6.04 Å². The third-order valence-corrected chi connectivity index (χ3v) is 4.12. The van der Waals surface area contributed by atoms with Gasteiger partial charge in [0.05, 0.1) is 19.3 Å². The van der Waals surface area contributed by atoms with Crippen molar-refractivity contribution in [3.05, 3.63) is 30.3 Å².